The largest absolute Gasteiger partial charge is 0.373 e. The summed E-state index contributed by atoms with van der Waals surface area (Å²) in [7, 11) is 1.85. The van der Waals surface area contributed by atoms with Crippen LogP contribution >= 0.6 is 11.6 Å². The lowest BCUT2D eigenvalue weighted by Gasteiger charge is -2.13. The van der Waals surface area contributed by atoms with Gasteiger partial charge >= 0.3 is 0 Å². The molecule has 2 heterocycles. The van der Waals surface area contributed by atoms with Crippen molar-refractivity contribution in [1.82, 2.24) is 19.7 Å². The number of rotatable bonds is 3. The Balaban J connectivity index is 2.64. The molecule has 0 saturated heterocycles. The van der Waals surface area contributed by atoms with Crippen molar-refractivity contribution < 1.29 is 0 Å². The number of nitrogens with zero attached hydrogens (tertiary/aromatic N) is 4. The summed E-state index contributed by atoms with van der Waals surface area (Å²) in [6, 6.07) is 0. The van der Waals surface area contributed by atoms with Crippen molar-refractivity contribution in [2.75, 3.05) is 12.4 Å². The van der Waals surface area contributed by atoms with Crippen molar-refractivity contribution in [2.24, 2.45) is 0 Å². The molecule has 0 aromatic carbocycles. The van der Waals surface area contributed by atoms with Gasteiger partial charge in [-0.1, -0.05) is 25.4 Å². The minimum absolute atomic E-state index is 0.249. The summed E-state index contributed by atoms with van der Waals surface area (Å²) in [6.45, 7) is 7.97. The van der Waals surface area contributed by atoms with E-state index < -0.39 is 0 Å². The highest BCUT2D eigenvalue weighted by Gasteiger charge is 2.15. The summed E-state index contributed by atoms with van der Waals surface area (Å²) in [4.78, 5) is 9.11. The number of nitrogens with one attached hydrogen (secondary N) is 1. The molecule has 0 amide bonds. The van der Waals surface area contributed by atoms with Gasteiger partial charge in [-0.05, 0) is 13.8 Å². The number of anilines is 1. The van der Waals surface area contributed by atoms with Gasteiger partial charge in [0.05, 0.1) is 16.9 Å². The molecular weight excluding hydrogens is 262 g/mol. The minimum atomic E-state index is 0.249. The zero-order valence-electron chi connectivity index (χ0n) is 11.8. The number of hydrogen-bond acceptors (Lipinski definition) is 4. The standard InChI is InChI=1S/C13H18ClN5/c1-7(2)11-16-12(15-5)8(3)13(17-11)19-6-10(14)9(4)18-19/h6-7H,1-5H3,(H,15,16,17). The lowest BCUT2D eigenvalue weighted by atomic mass is 10.2. The number of halogens is 1. The molecule has 5 nitrogen and oxygen atoms in total. The average Bonchev–Trinajstić information content (AvgIpc) is 2.69. The second-order valence-corrected chi connectivity index (χ2v) is 5.20. The monoisotopic (exact) mass is 279 g/mol. The molecule has 19 heavy (non-hydrogen) atoms. The molecule has 0 unspecified atom stereocenters. The van der Waals surface area contributed by atoms with Crippen LogP contribution in [0.3, 0.4) is 0 Å². The van der Waals surface area contributed by atoms with E-state index in [1.165, 1.54) is 0 Å². The highest BCUT2D eigenvalue weighted by Crippen LogP contribution is 2.23. The molecule has 0 fully saturated rings. The Bertz CT molecular complexity index is 584. The number of aryl methyl sites for hydroxylation is 1. The zero-order valence-corrected chi connectivity index (χ0v) is 12.6. The van der Waals surface area contributed by atoms with Crippen molar-refractivity contribution in [3.63, 3.8) is 0 Å². The minimum Gasteiger partial charge on any atom is -0.373 e. The van der Waals surface area contributed by atoms with E-state index in [9.17, 15) is 0 Å². The maximum Gasteiger partial charge on any atom is 0.162 e. The summed E-state index contributed by atoms with van der Waals surface area (Å²) in [5.41, 5.74) is 1.74. The SMILES string of the molecule is CNc1nc(C(C)C)nc(-n2cc(Cl)c(C)n2)c1C. The Morgan fingerprint density at radius 2 is 1.95 bits per heavy atom. The first-order valence-corrected chi connectivity index (χ1v) is 6.60. The van der Waals surface area contributed by atoms with Crippen LogP contribution in [0.2, 0.25) is 5.02 Å². The third-order valence-corrected chi connectivity index (χ3v) is 3.32. The summed E-state index contributed by atoms with van der Waals surface area (Å²) in [5, 5.41) is 8.12. The van der Waals surface area contributed by atoms with Crippen LogP contribution in [0.4, 0.5) is 5.82 Å². The molecule has 0 aliphatic carbocycles. The Hall–Kier alpha value is -1.62. The van der Waals surface area contributed by atoms with Gasteiger partial charge in [0, 0.05) is 18.5 Å². The van der Waals surface area contributed by atoms with Crippen LogP contribution < -0.4 is 5.32 Å². The summed E-state index contributed by atoms with van der Waals surface area (Å²) >= 11 is 6.07. The first-order chi connectivity index (χ1) is 8.93. The van der Waals surface area contributed by atoms with Crippen LogP contribution in [0, 0.1) is 13.8 Å². The Labute approximate surface area is 118 Å². The van der Waals surface area contributed by atoms with Crippen LogP contribution in [-0.2, 0) is 0 Å². The fraction of sp³-hybridized carbons (Fsp3) is 0.462. The van der Waals surface area contributed by atoms with Crippen LogP contribution in [0.15, 0.2) is 6.20 Å². The van der Waals surface area contributed by atoms with E-state index in [0.29, 0.717) is 5.02 Å². The molecule has 0 aliphatic heterocycles. The Morgan fingerprint density at radius 3 is 2.42 bits per heavy atom. The lowest BCUT2D eigenvalue weighted by Crippen LogP contribution is -2.11. The van der Waals surface area contributed by atoms with E-state index in [0.717, 1.165) is 28.7 Å². The van der Waals surface area contributed by atoms with E-state index in [2.05, 4.69) is 34.2 Å². The Kier molecular flexibility index (Phi) is 3.75. The van der Waals surface area contributed by atoms with Crippen molar-refractivity contribution in [2.45, 2.75) is 33.6 Å². The normalized spacial score (nSPS) is 11.1. The van der Waals surface area contributed by atoms with Gasteiger partial charge in [-0.25, -0.2) is 14.6 Å². The van der Waals surface area contributed by atoms with Crippen molar-refractivity contribution in [1.29, 1.82) is 0 Å². The van der Waals surface area contributed by atoms with Gasteiger partial charge in [-0.2, -0.15) is 5.10 Å². The molecule has 2 aromatic rings. The van der Waals surface area contributed by atoms with E-state index >= 15 is 0 Å². The Morgan fingerprint density at radius 1 is 1.26 bits per heavy atom. The van der Waals surface area contributed by atoms with Crippen LogP contribution in [0.1, 0.15) is 36.8 Å². The number of hydrogen-bond donors (Lipinski definition) is 1. The number of aromatic nitrogens is 4. The molecule has 2 aromatic heterocycles. The molecule has 0 aliphatic rings. The smallest absolute Gasteiger partial charge is 0.162 e. The highest BCUT2D eigenvalue weighted by atomic mass is 35.5. The maximum absolute atomic E-state index is 6.07. The van der Waals surface area contributed by atoms with E-state index in [-0.39, 0.29) is 5.92 Å². The van der Waals surface area contributed by atoms with Crippen LogP contribution in [0.25, 0.3) is 5.82 Å². The van der Waals surface area contributed by atoms with Gasteiger partial charge in [0.15, 0.2) is 5.82 Å². The molecule has 0 saturated carbocycles. The lowest BCUT2D eigenvalue weighted by molar-refractivity contribution is 0.739. The predicted octanol–water partition coefficient (Wildman–Crippen LogP) is 3.10. The van der Waals surface area contributed by atoms with E-state index in [1.807, 2.05) is 20.9 Å². The van der Waals surface area contributed by atoms with E-state index in [4.69, 9.17) is 11.6 Å². The first-order valence-electron chi connectivity index (χ1n) is 6.22. The molecule has 0 radical (unpaired) electrons. The summed E-state index contributed by atoms with van der Waals surface area (Å²) < 4.78 is 1.71. The topological polar surface area (TPSA) is 55.6 Å². The second-order valence-electron chi connectivity index (χ2n) is 4.79. The molecule has 0 spiro atoms. The predicted molar refractivity (Wildman–Crippen MR) is 77.3 cm³/mol. The molecule has 2 rings (SSSR count). The average molecular weight is 280 g/mol. The summed E-state index contributed by atoms with van der Waals surface area (Å²) in [5.74, 6) is 2.61. The third kappa shape index (κ3) is 2.56. The summed E-state index contributed by atoms with van der Waals surface area (Å²) in [6.07, 6.45) is 1.77. The highest BCUT2D eigenvalue weighted by molar-refractivity contribution is 6.31. The molecule has 102 valence electrons. The molecule has 6 heteroatoms. The van der Waals surface area contributed by atoms with Crippen molar-refractivity contribution in [3.8, 4) is 5.82 Å². The van der Waals surface area contributed by atoms with Gasteiger partial charge in [0.25, 0.3) is 0 Å². The fourth-order valence-corrected chi connectivity index (χ4v) is 1.92. The van der Waals surface area contributed by atoms with Gasteiger partial charge in [0.2, 0.25) is 0 Å². The van der Waals surface area contributed by atoms with Crippen molar-refractivity contribution >= 4 is 17.4 Å². The fourth-order valence-electron chi connectivity index (χ4n) is 1.79. The molecule has 0 bridgehead atoms. The molecule has 1 N–H and O–H groups in total. The van der Waals surface area contributed by atoms with Gasteiger partial charge in [0.1, 0.15) is 11.6 Å². The van der Waals surface area contributed by atoms with Crippen LogP contribution in [0.5, 0.6) is 0 Å². The van der Waals surface area contributed by atoms with E-state index in [1.54, 1.807) is 10.9 Å². The van der Waals surface area contributed by atoms with Gasteiger partial charge < -0.3 is 5.32 Å². The van der Waals surface area contributed by atoms with Gasteiger partial charge in [-0.15, -0.1) is 0 Å². The van der Waals surface area contributed by atoms with Gasteiger partial charge in [-0.3, -0.25) is 0 Å². The van der Waals surface area contributed by atoms with Crippen molar-refractivity contribution in [3.05, 3.63) is 28.3 Å². The maximum atomic E-state index is 6.07. The first kappa shape index (κ1) is 13.8. The quantitative estimate of drug-likeness (QED) is 0.938. The van der Waals surface area contributed by atoms with Crippen LogP contribution in [-0.4, -0.2) is 26.8 Å². The zero-order chi connectivity index (χ0) is 14.2. The third-order valence-electron chi connectivity index (χ3n) is 2.95. The molecule has 0 atom stereocenters. The molecular formula is C13H18ClN5. The second kappa shape index (κ2) is 5.17.